The molecule has 2 fully saturated rings. The molecule has 10 heteroatoms. The highest BCUT2D eigenvalue weighted by atomic mass is 35.5. The molecular weight excluding hydrogens is 501 g/mol. The van der Waals surface area contributed by atoms with Gasteiger partial charge in [-0.25, -0.2) is 4.79 Å². The minimum atomic E-state index is -0.656. The third kappa shape index (κ3) is 4.83. The largest absolute Gasteiger partial charge is 0.340 e. The predicted octanol–water partition coefficient (Wildman–Crippen LogP) is 3.65. The molecule has 1 aliphatic carbocycles. The van der Waals surface area contributed by atoms with Gasteiger partial charge in [-0.05, 0) is 37.5 Å². The molecule has 5 rings (SSSR count). The zero-order valence-corrected chi connectivity index (χ0v) is 22.2. The van der Waals surface area contributed by atoms with E-state index in [0.29, 0.717) is 52.6 Å². The van der Waals surface area contributed by atoms with Gasteiger partial charge in [-0.1, -0.05) is 42.1 Å². The fourth-order valence-corrected chi connectivity index (χ4v) is 6.54. The average molecular weight is 534 g/mol. The number of nitrogens with one attached hydrogen (secondary N) is 1. The summed E-state index contributed by atoms with van der Waals surface area (Å²) in [7, 11) is 0. The summed E-state index contributed by atoms with van der Waals surface area (Å²) < 4.78 is 0. The van der Waals surface area contributed by atoms with Crippen LogP contribution in [-0.4, -0.2) is 89.3 Å². The summed E-state index contributed by atoms with van der Waals surface area (Å²) in [5.74, 6) is -0.0871. The first-order valence-corrected chi connectivity index (χ1v) is 13.7. The summed E-state index contributed by atoms with van der Waals surface area (Å²) in [4.78, 5) is 47.1. The second kappa shape index (κ2) is 10.6. The number of halogens is 2. The summed E-state index contributed by atoms with van der Waals surface area (Å²) in [5, 5.41) is 3.81. The van der Waals surface area contributed by atoms with Crippen molar-refractivity contribution in [3.05, 3.63) is 45.1 Å². The Kier molecular flexibility index (Phi) is 7.47. The second-order valence-electron chi connectivity index (χ2n) is 9.98. The zero-order valence-electron chi connectivity index (χ0n) is 20.6. The number of hydrogen-bond acceptors (Lipinski definition) is 4. The van der Waals surface area contributed by atoms with Gasteiger partial charge in [-0.15, -0.1) is 0 Å². The average Bonchev–Trinajstić information content (AvgIpc) is 3.51. The first-order chi connectivity index (χ1) is 17.4. The molecule has 0 spiro atoms. The van der Waals surface area contributed by atoms with Crippen LogP contribution in [0.15, 0.2) is 29.5 Å². The van der Waals surface area contributed by atoms with E-state index in [0.717, 1.165) is 26.2 Å². The van der Waals surface area contributed by atoms with E-state index in [-0.39, 0.29) is 24.3 Å². The van der Waals surface area contributed by atoms with Gasteiger partial charge in [0.25, 0.3) is 5.91 Å². The van der Waals surface area contributed by atoms with E-state index < -0.39 is 6.04 Å². The third-order valence-corrected chi connectivity index (χ3v) is 8.55. The fraction of sp³-hybridized carbons (Fsp3) is 0.577. The van der Waals surface area contributed by atoms with Crippen molar-refractivity contribution in [3.63, 3.8) is 0 Å². The number of piperazine rings is 1. The molecule has 1 saturated heterocycles. The summed E-state index contributed by atoms with van der Waals surface area (Å²) >= 11 is 12.5. The number of urea groups is 1. The van der Waals surface area contributed by atoms with Gasteiger partial charge in [0.15, 0.2) is 0 Å². The van der Waals surface area contributed by atoms with E-state index in [2.05, 4.69) is 10.2 Å². The minimum Gasteiger partial charge on any atom is -0.340 e. The SMILES string of the molecule is CCN1C(=O)NC(c2ccc(Cl)cc2Cl)C2=C1CN(CCC(=O)N1CCN(C3CCCC3)CC1)C2=O. The number of rotatable bonds is 6. The molecule has 1 aromatic rings. The van der Waals surface area contributed by atoms with Gasteiger partial charge in [0.05, 0.1) is 23.9 Å². The maximum Gasteiger partial charge on any atom is 0.322 e. The van der Waals surface area contributed by atoms with Crippen molar-refractivity contribution in [1.29, 1.82) is 0 Å². The Balaban J connectivity index is 1.24. The number of carbonyl (C=O) groups is 3. The van der Waals surface area contributed by atoms with Crippen molar-refractivity contribution in [2.24, 2.45) is 0 Å². The Labute approximate surface area is 222 Å². The highest BCUT2D eigenvalue weighted by molar-refractivity contribution is 6.35. The van der Waals surface area contributed by atoms with E-state index in [1.807, 2.05) is 11.8 Å². The summed E-state index contributed by atoms with van der Waals surface area (Å²) in [6.07, 6.45) is 5.45. The smallest absolute Gasteiger partial charge is 0.322 e. The van der Waals surface area contributed by atoms with Crippen molar-refractivity contribution < 1.29 is 14.4 Å². The molecule has 4 amide bonds. The van der Waals surface area contributed by atoms with Crippen LogP contribution in [-0.2, 0) is 9.59 Å². The maximum atomic E-state index is 13.5. The Hall–Kier alpha value is -2.29. The fourth-order valence-electron chi connectivity index (χ4n) is 6.03. The molecule has 36 heavy (non-hydrogen) atoms. The molecule has 1 saturated carbocycles. The molecule has 0 radical (unpaired) electrons. The van der Waals surface area contributed by atoms with E-state index >= 15 is 0 Å². The molecule has 3 aliphatic heterocycles. The molecule has 1 atom stereocenters. The van der Waals surface area contributed by atoms with Gasteiger partial charge in [0, 0.05) is 61.8 Å². The van der Waals surface area contributed by atoms with Crippen molar-refractivity contribution in [2.45, 2.75) is 51.1 Å². The highest BCUT2D eigenvalue weighted by Gasteiger charge is 2.44. The lowest BCUT2D eigenvalue weighted by Crippen LogP contribution is -2.51. The van der Waals surface area contributed by atoms with Crippen LogP contribution in [0, 0.1) is 0 Å². The van der Waals surface area contributed by atoms with Gasteiger partial charge in [-0.2, -0.15) is 0 Å². The van der Waals surface area contributed by atoms with Gasteiger partial charge in [0.2, 0.25) is 5.91 Å². The van der Waals surface area contributed by atoms with Crippen LogP contribution >= 0.6 is 23.2 Å². The van der Waals surface area contributed by atoms with Crippen LogP contribution in [0.1, 0.15) is 50.6 Å². The monoisotopic (exact) mass is 533 g/mol. The maximum absolute atomic E-state index is 13.5. The number of carbonyl (C=O) groups excluding carboxylic acids is 3. The van der Waals surface area contributed by atoms with Gasteiger partial charge in [0.1, 0.15) is 0 Å². The Morgan fingerprint density at radius 1 is 1.08 bits per heavy atom. The Morgan fingerprint density at radius 2 is 1.81 bits per heavy atom. The molecule has 194 valence electrons. The zero-order chi connectivity index (χ0) is 25.4. The minimum absolute atomic E-state index is 0.0811. The van der Waals surface area contributed by atoms with Crippen LogP contribution in [0.5, 0.6) is 0 Å². The number of benzene rings is 1. The molecule has 0 bridgehead atoms. The lowest BCUT2D eigenvalue weighted by Gasteiger charge is -2.38. The number of nitrogens with zero attached hydrogens (tertiary/aromatic N) is 4. The number of amides is 4. The molecule has 1 unspecified atom stereocenters. The van der Waals surface area contributed by atoms with Gasteiger partial charge >= 0.3 is 6.03 Å². The normalized spacial score (nSPS) is 23.5. The summed E-state index contributed by atoms with van der Waals surface area (Å²) in [6, 6.07) is 4.81. The van der Waals surface area contributed by atoms with Crippen molar-refractivity contribution in [3.8, 4) is 0 Å². The van der Waals surface area contributed by atoms with Crippen LogP contribution in [0.2, 0.25) is 10.0 Å². The standard InChI is InChI=1S/C26H33Cl2N5O3/c1-2-33-21-16-32(10-9-22(34)31-13-11-30(12-14-31)18-5-3-4-6-18)25(35)23(21)24(29-26(33)36)19-8-7-17(27)15-20(19)28/h7-8,15,18,24H,2-6,9-14,16H2,1H3,(H,29,36). The van der Waals surface area contributed by atoms with Crippen LogP contribution in [0.4, 0.5) is 4.79 Å². The molecule has 1 aromatic carbocycles. The quantitative estimate of drug-likeness (QED) is 0.605. The van der Waals surface area contributed by atoms with E-state index in [4.69, 9.17) is 23.2 Å². The molecule has 8 nitrogen and oxygen atoms in total. The van der Waals surface area contributed by atoms with E-state index in [1.54, 1.807) is 28.0 Å². The lowest BCUT2D eigenvalue weighted by atomic mass is 9.95. The van der Waals surface area contributed by atoms with E-state index in [9.17, 15) is 14.4 Å². The molecule has 1 N–H and O–H groups in total. The summed E-state index contributed by atoms with van der Waals surface area (Å²) in [6.45, 7) is 6.29. The molecule has 0 aromatic heterocycles. The second-order valence-corrected chi connectivity index (χ2v) is 10.8. The van der Waals surface area contributed by atoms with Gasteiger partial charge in [-0.3, -0.25) is 19.4 Å². The van der Waals surface area contributed by atoms with Crippen LogP contribution < -0.4 is 5.32 Å². The first kappa shape index (κ1) is 25.4. The van der Waals surface area contributed by atoms with Crippen LogP contribution in [0.3, 0.4) is 0 Å². The van der Waals surface area contributed by atoms with Gasteiger partial charge < -0.3 is 15.1 Å². The van der Waals surface area contributed by atoms with E-state index in [1.165, 1.54) is 25.7 Å². The Bertz CT molecular complexity index is 1080. The highest BCUT2D eigenvalue weighted by Crippen LogP contribution is 2.39. The topological polar surface area (TPSA) is 76.2 Å². The van der Waals surface area contributed by atoms with Crippen LogP contribution in [0.25, 0.3) is 0 Å². The Morgan fingerprint density at radius 3 is 2.47 bits per heavy atom. The first-order valence-electron chi connectivity index (χ1n) is 12.9. The van der Waals surface area contributed by atoms with Crippen molar-refractivity contribution in [2.75, 3.05) is 45.8 Å². The van der Waals surface area contributed by atoms with Crippen molar-refractivity contribution in [1.82, 2.24) is 24.9 Å². The molecule has 4 aliphatic rings. The van der Waals surface area contributed by atoms with Crippen molar-refractivity contribution >= 4 is 41.0 Å². The summed E-state index contributed by atoms with van der Waals surface area (Å²) in [5.41, 5.74) is 1.82. The number of hydrogen-bond donors (Lipinski definition) is 1. The number of likely N-dealkylation sites (N-methyl/N-ethyl adjacent to an activating group) is 1. The molecule has 3 heterocycles. The third-order valence-electron chi connectivity index (χ3n) is 7.99. The molecular formula is C26H33Cl2N5O3. The predicted molar refractivity (Wildman–Crippen MR) is 139 cm³/mol. The lowest BCUT2D eigenvalue weighted by molar-refractivity contribution is -0.134.